The zero-order chi connectivity index (χ0) is 17.3. The van der Waals surface area contributed by atoms with Crippen molar-refractivity contribution in [1.29, 1.82) is 5.41 Å². The van der Waals surface area contributed by atoms with Gasteiger partial charge in [-0.2, -0.15) is 0 Å². The Bertz CT molecular complexity index is 847. The zero-order valence-electron chi connectivity index (χ0n) is 12.5. The first-order valence-electron chi connectivity index (χ1n) is 6.87. The molecule has 3 rings (SSSR count). The first kappa shape index (κ1) is 15.9. The number of nitrogens with one attached hydrogen (secondary N) is 1. The van der Waals surface area contributed by atoms with Gasteiger partial charge in [-0.15, -0.1) is 0 Å². The largest absolute Gasteiger partial charge is 0.504 e. The number of carbonyl (C=O) groups excluding carboxylic acids is 1. The number of phenols is 1. The molecule has 24 heavy (non-hydrogen) atoms. The van der Waals surface area contributed by atoms with Crippen molar-refractivity contribution < 1.29 is 19.3 Å². The fourth-order valence-electron chi connectivity index (χ4n) is 2.07. The Morgan fingerprint density at radius 3 is 2.96 bits per heavy atom. The lowest BCUT2D eigenvalue weighted by Gasteiger charge is -2.09. The molecule has 0 saturated carbocycles. The number of anilines is 2. The van der Waals surface area contributed by atoms with E-state index < -0.39 is 5.91 Å². The van der Waals surface area contributed by atoms with Gasteiger partial charge in [-0.05, 0) is 52.8 Å². The second-order valence-electron chi connectivity index (χ2n) is 4.69. The third-order valence-corrected chi connectivity index (χ3v) is 4.00. The molecule has 1 aliphatic heterocycles. The highest BCUT2D eigenvalue weighted by Gasteiger charge is 2.37. The molecule has 0 unspecified atom stereocenters. The maximum atomic E-state index is 12.5. The molecular weight excluding hydrogens is 334 g/mol. The monoisotopic (exact) mass is 347 g/mol. The van der Waals surface area contributed by atoms with E-state index in [0.29, 0.717) is 22.8 Å². The topological polar surface area (TPSA) is 139 Å². The Morgan fingerprint density at radius 1 is 1.50 bits per heavy atom. The van der Waals surface area contributed by atoms with Crippen molar-refractivity contribution in [2.24, 2.45) is 0 Å². The van der Waals surface area contributed by atoms with E-state index in [-0.39, 0.29) is 22.6 Å². The van der Waals surface area contributed by atoms with Crippen molar-refractivity contribution in [2.45, 2.75) is 6.92 Å². The maximum Gasteiger partial charge on any atom is 0.272 e. The molecule has 2 aromatic rings. The Hall–Kier alpha value is -3.01. The van der Waals surface area contributed by atoms with E-state index in [1.165, 1.54) is 6.07 Å². The molecule has 9 nitrogen and oxygen atoms in total. The van der Waals surface area contributed by atoms with Crippen LogP contribution in [-0.4, -0.2) is 33.1 Å². The van der Waals surface area contributed by atoms with E-state index >= 15 is 0 Å². The minimum atomic E-state index is -0.460. The number of rotatable bonds is 4. The van der Waals surface area contributed by atoms with Gasteiger partial charge in [0.25, 0.3) is 5.91 Å². The summed E-state index contributed by atoms with van der Waals surface area (Å²) in [7, 11) is 0. The van der Waals surface area contributed by atoms with Gasteiger partial charge in [0, 0.05) is 0 Å². The fraction of sp³-hybridized carbons (Fsp3) is 0.143. The number of hydrogen-bond acceptors (Lipinski definition) is 9. The highest BCUT2D eigenvalue weighted by Crippen LogP contribution is 2.37. The first-order chi connectivity index (χ1) is 11.5. The average molecular weight is 347 g/mol. The quantitative estimate of drug-likeness (QED) is 0.712. The predicted molar refractivity (Wildman–Crippen MR) is 88.8 cm³/mol. The molecule has 1 fully saturated rings. The summed E-state index contributed by atoms with van der Waals surface area (Å²) in [5.41, 5.74) is 6.23. The summed E-state index contributed by atoms with van der Waals surface area (Å²) in [5, 5.41) is 24.6. The molecule has 1 saturated heterocycles. The number of aromatic nitrogens is 2. The molecule has 0 atom stereocenters. The number of hydrogen-bond donors (Lipinski definition) is 3. The van der Waals surface area contributed by atoms with E-state index in [1.807, 2.05) is 0 Å². The number of thioether (sulfide) groups is 1. The van der Waals surface area contributed by atoms with Gasteiger partial charge in [-0.1, -0.05) is 6.07 Å². The van der Waals surface area contributed by atoms with Crippen molar-refractivity contribution in [1.82, 2.24) is 10.3 Å². The van der Waals surface area contributed by atoms with Gasteiger partial charge in [0.05, 0.1) is 11.5 Å². The van der Waals surface area contributed by atoms with Gasteiger partial charge in [0.2, 0.25) is 11.6 Å². The Balaban J connectivity index is 1.92. The number of ether oxygens (including phenoxy) is 1. The normalized spacial score (nSPS) is 16.2. The molecule has 0 spiro atoms. The van der Waals surface area contributed by atoms with Crippen LogP contribution in [0.4, 0.5) is 11.6 Å². The Kier molecular flexibility index (Phi) is 4.13. The smallest absolute Gasteiger partial charge is 0.272 e. The van der Waals surface area contributed by atoms with Crippen molar-refractivity contribution in [3.05, 3.63) is 28.7 Å². The van der Waals surface area contributed by atoms with Crippen LogP contribution in [0.2, 0.25) is 0 Å². The second kappa shape index (κ2) is 6.24. The highest BCUT2D eigenvalue weighted by molar-refractivity contribution is 8.19. The van der Waals surface area contributed by atoms with E-state index in [0.717, 1.165) is 16.7 Å². The minimum absolute atomic E-state index is 0.0124. The lowest BCUT2D eigenvalue weighted by atomic mass is 10.2. The molecule has 1 amide bonds. The van der Waals surface area contributed by atoms with E-state index in [1.54, 1.807) is 25.1 Å². The number of nitrogens with two attached hydrogens (primary N) is 1. The number of phenolic OH excluding ortho intramolecular Hbond substituents is 1. The number of nitrogen functional groups attached to an aromatic ring is 1. The van der Waals surface area contributed by atoms with Crippen LogP contribution < -0.4 is 15.4 Å². The van der Waals surface area contributed by atoms with Crippen LogP contribution in [0.1, 0.15) is 12.5 Å². The average Bonchev–Trinajstić information content (AvgIpc) is 3.07. The minimum Gasteiger partial charge on any atom is -0.504 e. The molecular formula is C14H13N5O4S. The number of carbonyl (C=O) groups is 1. The standard InChI is InChI=1S/C14H13N5O4S/c1-2-22-9-5-7(3-4-8(9)20)6-10-13(21)19(14(16)24-10)12-11(15)17-23-18-12/h3-6,16,20H,2H2,1H3,(H2,15,17). The van der Waals surface area contributed by atoms with Crippen LogP contribution in [-0.2, 0) is 4.79 Å². The molecule has 1 aromatic heterocycles. The van der Waals surface area contributed by atoms with E-state index in [9.17, 15) is 9.90 Å². The van der Waals surface area contributed by atoms with E-state index in [4.69, 9.17) is 15.9 Å². The molecule has 1 aromatic carbocycles. The summed E-state index contributed by atoms with van der Waals surface area (Å²) in [4.78, 5) is 13.8. The number of aromatic hydroxyl groups is 1. The van der Waals surface area contributed by atoms with Gasteiger partial charge >= 0.3 is 0 Å². The number of benzene rings is 1. The van der Waals surface area contributed by atoms with Crippen LogP contribution in [0.25, 0.3) is 6.08 Å². The summed E-state index contributed by atoms with van der Waals surface area (Å²) in [6.07, 6.45) is 1.59. The number of amidine groups is 1. The molecule has 0 aliphatic carbocycles. The van der Waals surface area contributed by atoms with Crippen LogP contribution in [0.3, 0.4) is 0 Å². The molecule has 4 N–H and O–H groups in total. The fourth-order valence-corrected chi connectivity index (χ4v) is 2.91. The lowest BCUT2D eigenvalue weighted by molar-refractivity contribution is -0.113. The second-order valence-corrected chi connectivity index (χ2v) is 5.72. The molecule has 1 aliphatic rings. The van der Waals surface area contributed by atoms with Crippen LogP contribution in [0.5, 0.6) is 11.5 Å². The third kappa shape index (κ3) is 2.78. The summed E-state index contributed by atoms with van der Waals surface area (Å²) in [6, 6.07) is 4.72. The lowest BCUT2D eigenvalue weighted by Crippen LogP contribution is -2.29. The van der Waals surface area contributed by atoms with Gasteiger partial charge in [0.1, 0.15) is 0 Å². The molecule has 0 bridgehead atoms. The summed E-state index contributed by atoms with van der Waals surface area (Å²) >= 11 is 0.959. The molecule has 0 radical (unpaired) electrons. The predicted octanol–water partition coefficient (Wildman–Crippen LogP) is 1.81. The molecule has 10 heteroatoms. The summed E-state index contributed by atoms with van der Waals surface area (Å²) < 4.78 is 9.79. The number of nitrogens with zero attached hydrogens (tertiary/aromatic N) is 3. The van der Waals surface area contributed by atoms with Crippen LogP contribution in [0, 0.1) is 5.41 Å². The van der Waals surface area contributed by atoms with Gasteiger partial charge < -0.3 is 15.6 Å². The molecule has 124 valence electrons. The van der Waals surface area contributed by atoms with Crippen molar-refractivity contribution >= 4 is 40.5 Å². The molecule has 2 heterocycles. The van der Waals surface area contributed by atoms with Crippen molar-refractivity contribution in [2.75, 3.05) is 17.2 Å². The van der Waals surface area contributed by atoms with Crippen LogP contribution >= 0.6 is 11.8 Å². The third-order valence-electron chi connectivity index (χ3n) is 3.11. The van der Waals surface area contributed by atoms with Crippen molar-refractivity contribution in [3.63, 3.8) is 0 Å². The summed E-state index contributed by atoms with van der Waals surface area (Å²) in [5.74, 6) is -0.211. The number of amides is 1. The van der Waals surface area contributed by atoms with Crippen molar-refractivity contribution in [3.8, 4) is 11.5 Å². The highest BCUT2D eigenvalue weighted by atomic mass is 32.2. The maximum absolute atomic E-state index is 12.5. The van der Waals surface area contributed by atoms with Gasteiger partial charge in [-0.25, -0.2) is 9.53 Å². The van der Waals surface area contributed by atoms with Gasteiger partial charge in [-0.3, -0.25) is 10.2 Å². The zero-order valence-corrected chi connectivity index (χ0v) is 13.3. The van der Waals surface area contributed by atoms with Crippen LogP contribution in [0.15, 0.2) is 27.7 Å². The SMILES string of the molecule is CCOc1cc(C=C2SC(=N)N(c3nonc3N)C2=O)ccc1O. The van der Waals surface area contributed by atoms with Gasteiger partial charge in [0.15, 0.2) is 16.7 Å². The summed E-state index contributed by atoms with van der Waals surface area (Å²) in [6.45, 7) is 2.20. The van der Waals surface area contributed by atoms with E-state index in [2.05, 4.69) is 14.9 Å². The first-order valence-corrected chi connectivity index (χ1v) is 7.69. The Morgan fingerprint density at radius 2 is 2.29 bits per heavy atom. The Labute approximate surface area is 140 Å².